The van der Waals surface area contributed by atoms with Crippen LogP contribution in [0.4, 0.5) is 4.39 Å². The molecule has 6 heteroatoms. The van der Waals surface area contributed by atoms with Crippen molar-refractivity contribution < 1.29 is 33.2 Å². The minimum Gasteiger partial charge on any atom is -0.543 e. The molecule has 12 heavy (non-hydrogen) atoms. The molecule has 0 radical (unpaired) electrons. The molecule has 0 aliphatic rings. The fourth-order valence-electron chi connectivity index (χ4n) is 0.563. The van der Waals surface area contributed by atoms with Crippen molar-refractivity contribution in [2.75, 3.05) is 0 Å². The molecule has 58 valence electrons. The zero-order chi connectivity index (χ0) is 8.43. The van der Waals surface area contributed by atoms with Gasteiger partial charge >= 0.3 is 18.9 Å². The topological polar surface area (TPSA) is 53.0 Å². The Morgan fingerprint density at radius 2 is 2.25 bits per heavy atom. The van der Waals surface area contributed by atoms with Gasteiger partial charge in [-0.3, -0.25) is 4.98 Å². The molecule has 1 rings (SSSR count). The molecule has 0 aliphatic heterocycles. The Labute approximate surface area is 84.7 Å². The smallest absolute Gasteiger partial charge is 0.543 e. The van der Waals surface area contributed by atoms with Crippen LogP contribution in [0.3, 0.4) is 0 Å². The third-order valence-corrected chi connectivity index (χ3v) is 1.33. The van der Waals surface area contributed by atoms with Gasteiger partial charge in [0.25, 0.3) is 0 Å². The number of hydrogen-bond acceptors (Lipinski definition) is 3. The molecule has 0 unspecified atom stereocenters. The van der Waals surface area contributed by atoms with E-state index in [4.69, 9.17) is 11.6 Å². The first-order valence-corrected chi connectivity index (χ1v) is 3.02. The van der Waals surface area contributed by atoms with Gasteiger partial charge in [0, 0.05) is 6.20 Å². The number of rotatable bonds is 1. The van der Waals surface area contributed by atoms with E-state index in [1.807, 2.05) is 0 Å². The Morgan fingerprint density at radius 3 is 2.67 bits per heavy atom. The van der Waals surface area contributed by atoms with Gasteiger partial charge < -0.3 is 9.90 Å². The summed E-state index contributed by atoms with van der Waals surface area (Å²) in [6.07, 6.45) is 1.09. The zero-order valence-corrected chi connectivity index (χ0v) is 6.93. The second-order valence-electron chi connectivity index (χ2n) is 1.74. The van der Waals surface area contributed by atoms with Crippen LogP contribution in [0.5, 0.6) is 0 Å². The molecule has 1 heterocycles. The molecule has 1 aromatic rings. The van der Waals surface area contributed by atoms with E-state index in [0.29, 0.717) is 0 Å². The fraction of sp³-hybridized carbons (Fsp3) is 0. The quantitative estimate of drug-likeness (QED) is 0.441. The molecule has 0 aliphatic carbocycles. The van der Waals surface area contributed by atoms with Crippen molar-refractivity contribution >= 4 is 17.6 Å². The van der Waals surface area contributed by atoms with Crippen LogP contribution in [0.2, 0.25) is 5.02 Å². The molecule has 1 aromatic heterocycles. The normalized spacial score (nSPS) is 8.83. The molecule has 0 fully saturated rings. The molecule has 0 N–H and O–H groups in total. The molecular weight excluding hydrogens is 179 g/mol. The summed E-state index contributed by atoms with van der Waals surface area (Å²) < 4.78 is 12.6. The SMILES string of the molecule is O=C([O-])c1nccc(Cl)c1F.[Li+]. The molecular formula is C6H2ClFLiNO2. The monoisotopic (exact) mass is 181 g/mol. The number of aromatic carboxylic acids is 1. The van der Waals surface area contributed by atoms with E-state index in [1.54, 1.807) is 0 Å². The second kappa shape index (κ2) is 4.46. The minimum atomic E-state index is -1.68. The van der Waals surface area contributed by atoms with Crippen molar-refractivity contribution in [2.24, 2.45) is 0 Å². The van der Waals surface area contributed by atoms with Gasteiger partial charge in [-0.15, -0.1) is 0 Å². The molecule has 0 spiro atoms. The number of carboxylic acids is 1. The summed E-state index contributed by atoms with van der Waals surface area (Å²) in [6.45, 7) is 0. The maximum absolute atomic E-state index is 12.6. The van der Waals surface area contributed by atoms with Gasteiger partial charge in [0.1, 0.15) is 5.69 Å². The predicted octanol–water partition coefficient (Wildman–Crippen LogP) is -2.76. The number of hydrogen-bond donors (Lipinski definition) is 0. The van der Waals surface area contributed by atoms with Crippen LogP contribution in [0, 0.1) is 5.82 Å². The largest absolute Gasteiger partial charge is 1.00 e. The summed E-state index contributed by atoms with van der Waals surface area (Å²) >= 11 is 5.25. The second-order valence-corrected chi connectivity index (χ2v) is 2.15. The van der Waals surface area contributed by atoms with Crippen LogP contribution in [0.25, 0.3) is 0 Å². The Bertz CT molecular complexity index is 308. The number of halogens is 2. The van der Waals surface area contributed by atoms with Crippen LogP contribution in [0.1, 0.15) is 10.5 Å². The maximum atomic E-state index is 12.6. The average Bonchev–Trinajstić information content (AvgIpc) is 1.94. The fourth-order valence-corrected chi connectivity index (χ4v) is 0.708. The number of carboxylic acid groups (broad SMARTS) is 1. The third kappa shape index (κ3) is 2.21. The van der Waals surface area contributed by atoms with E-state index in [9.17, 15) is 14.3 Å². The molecule has 0 amide bonds. The molecule has 3 nitrogen and oxygen atoms in total. The summed E-state index contributed by atoms with van der Waals surface area (Å²) in [6, 6.07) is 1.16. The van der Waals surface area contributed by atoms with Gasteiger partial charge in [0.2, 0.25) is 0 Å². The third-order valence-electron chi connectivity index (χ3n) is 1.04. The van der Waals surface area contributed by atoms with Crippen molar-refractivity contribution in [3.63, 3.8) is 0 Å². The molecule has 0 saturated heterocycles. The van der Waals surface area contributed by atoms with Crippen LogP contribution in [-0.4, -0.2) is 11.0 Å². The van der Waals surface area contributed by atoms with E-state index in [1.165, 1.54) is 0 Å². The van der Waals surface area contributed by atoms with E-state index in [0.717, 1.165) is 12.3 Å². The number of aromatic nitrogens is 1. The Kier molecular flexibility index (Phi) is 4.25. The number of carbonyl (C=O) groups excluding carboxylic acids is 1. The molecule has 0 aromatic carbocycles. The van der Waals surface area contributed by atoms with E-state index in [2.05, 4.69) is 4.98 Å². The van der Waals surface area contributed by atoms with Crippen LogP contribution >= 0.6 is 11.6 Å². The first kappa shape index (κ1) is 11.4. The minimum absolute atomic E-state index is 0. The van der Waals surface area contributed by atoms with Gasteiger partial charge in [0.05, 0.1) is 11.0 Å². The first-order valence-electron chi connectivity index (χ1n) is 2.64. The average molecular weight is 181 g/mol. The summed E-state index contributed by atoms with van der Waals surface area (Å²) in [5.74, 6) is -2.74. The van der Waals surface area contributed by atoms with E-state index in [-0.39, 0.29) is 23.9 Å². The zero-order valence-electron chi connectivity index (χ0n) is 6.17. The van der Waals surface area contributed by atoms with Crippen LogP contribution in [-0.2, 0) is 0 Å². The van der Waals surface area contributed by atoms with Crippen molar-refractivity contribution in [3.8, 4) is 0 Å². The number of pyridine rings is 1. The van der Waals surface area contributed by atoms with Crippen molar-refractivity contribution in [2.45, 2.75) is 0 Å². The summed E-state index contributed by atoms with van der Waals surface area (Å²) in [5, 5.41) is 9.82. The van der Waals surface area contributed by atoms with Gasteiger partial charge in [-0.05, 0) is 6.07 Å². The van der Waals surface area contributed by atoms with E-state index >= 15 is 0 Å². The van der Waals surface area contributed by atoms with Crippen LogP contribution in [0.15, 0.2) is 12.3 Å². The van der Waals surface area contributed by atoms with Gasteiger partial charge in [-0.2, -0.15) is 0 Å². The summed E-state index contributed by atoms with van der Waals surface area (Å²) in [4.78, 5) is 13.3. The Balaban J connectivity index is 0.00000121. The molecule has 0 saturated carbocycles. The van der Waals surface area contributed by atoms with Gasteiger partial charge in [-0.1, -0.05) is 11.6 Å². The Hall–Kier alpha value is -0.563. The predicted molar refractivity (Wildman–Crippen MR) is 33.5 cm³/mol. The standard InChI is InChI=1S/C6H3ClFNO2.Li/c7-3-1-2-9-5(4(3)8)6(10)11;/h1-2H,(H,10,11);/q;+1/p-1. The molecule has 0 atom stereocenters. The van der Waals surface area contributed by atoms with Gasteiger partial charge in [-0.25, -0.2) is 4.39 Å². The Morgan fingerprint density at radius 1 is 1.67 bits per heavy atom. The number of nitrogens with zero attached hydrogens (tertiary/aromatic N) is 1. The van der Waals surface area contributed by atoms with E-state index < -0.39 is 17.5 Å². The van der Waals surface area contributed by atoms with Gasteiger partial charge in [0.15, 0.2) is 5.82 Å². The maximum Gasteiger partial charge on any atom is 1.00 e. The first-order chi connectivity index (χ1) is 5.13. The summed E-state index contributed by atoms with van der Waals surface area (Å²) in [7, 11) is 0. The summed E-state index contributed by atoms with van der Waals surface area (Å²) in [5.41, 5.74) is -0.766. The van der Waals surface area contributed by atoms with Crippen molar-refractivity contribution in [3.05, 3.63) is 28.8 Å². The van der Waals surface area contributed by atoms with Crippen molar-refractivity contribution in [1.82, 2.24) is 4.98 Å². The molecule has 0 bridgehead atoms. The van der Waals surface area contributed by atoms with Crippen molar-refractivity contribution in [1.29, 1.82) is 0 Å². The van der Waals surface area contributed by atoms with Crippen LogP contribution < -0.4 is 24.0 Å². The number of carbonyl (C=O) groups is 1.